The number of carbonyl (C=O) groups excluding carboxylic acids is 2. The van der Waals surface area contributed by atoms with Crippen LogP contribution in [-0.4, -0.2) is 41.8 Å². The SMILES string of the molecule is COc1ccc(C=C2SC(=S)N(CCCCCC(=O)Nc3cccc4ccccc34)C2=O)cc1OC. The van der Waals surface area contributed by atoms with Crippen LogP contribution in [0.5, 0.6) is 11.5 Å². The lowest BCUT2D eigenvalue weighted by Gasteiger charge is -2.14. The molecule has 0 spiro atoms. The number of hydrogen-bond donors (Lipinski definition) is 1. The van der Waals surface area contributed by atoms with E-state index in [9.17, 15) is 9.59 Å². The summed E-state index contributed by atoms with van der Waals surface area (Å²) in [6.07, 6.45) is 4.60. The molecule has 0 aromatic heterocycles. The Kier molecular flexibility index (Phi) is 8.61. The highest BCUT2D eigenvalue weighted by molar-refractivity contribution is 8.26. The topological polar surface area (TPSA) is 67.9 Å². The molecule has 1 aliphatic heterocycles. The molecule has 3 aromatic rings. The van der Waals surface area contributed by atoms with Crippen molar-refractivity contribution in [2.75, 3.05) is 26.1 Å². The number of benzene rings is 3. The first-order chi connectivity index (χ1) is 17.5. The maximum Gasteiger partial charge on any atom is 0.266 e. The first-order valence-corrected chi connectivity index (χ1v) is 13.0. The number of nitrogens with zero attached hydrogens (tertiary/aromatic N) is 1. The van der Waals surface area contributed by atoms with Gasteiger partial charge in [0.05, 0.1) is 19.1 Å². The molecule has 1 saturated heterocycles. The quantitative estimate of drug-likeness (QED) is 0.193. The molecule has 4 rings (SSSR count). The zero-order valence-electron chi connectivity index (χ0n) is 20.3. The van der Waals surface area contributed by atoms with Crippen molar-refractivity contribution in [3.8, 4) is 11.5 Å². The Balaban J connectivity index is 1.25. The minimum atomic E-state index is -0.0894. The van der Waals surface area contributed by atoms with Crippen LogP contribution in [0.25, 0.3) is 16.8 Å². The fourth-order valence-corrected chi connectivity index (χ4v) is 5.37. The van der Waals surface area contributed by atoms with Crippen LogP contribution in [0.15, 0.2) is 65.6 Å². The lowest BCUT2D eigenvalue weighted by Crippen LogP contribution is -2.29. The Morgan fingerprint density at radius 1 is 1.00 bits per heavy atom. The van der Waals surface area contributed by atoms with E-state index in [1.165, 1.54) is 11.8 Å². The summed E-state index contributed by atoms with van der Waals surface area (Å²) in [6, 6.07) is 19.4. The van der Waals surface area contributed by atoms with Gasteiger partial charge in [0.1, 0.15) is 4.32 Å². The number of anilines is 1. The number of rotatable bonds is 10. The summed E-state index contributed by atoms with van der Waals surface area (Å²) < 4.78 is 11.2. The van der Waals surface area contributed by atoms with Crippen molar-refractivity contribution < 1.29 is 19.1 Å². The second-order valence-corrected chi connectivity index (χ2v) is 10.0. The van der Waals surface area contributed by atoms with Crippen molar-refractivity contribution in [3.63, 3.8) is 0 Å². The number of hydrogen-bond acceptors (Lipinski definition) is 6. The van der Waals surface area contributed by atoms with E-state index in [1.807, 2.05) is 66.7 Å². The van der Waals surface area contributed by atoms with Crippen LogP contribution in [0, 0.1) is 0 Å². The highest BCUT2D eigenvalue weighted by Gasteiger charge is 2.31. The molecule has 0 atom stereocenters. The molecule has 0 saturated carbocycles. The summed E-state index contributed by atoms with van der Waals surface area (Å²) in [7, 11) is 3.16. The second-order valence-electron chi connectivity index (χ2n) is 8.33. The Bertz CT molecular complexity index is 1320. The Labute approximate surface area is 220 Å². The fraction of sp³-hybridized carbons (Fsp3) is 0.250. The van der Waals surface area contributed by atoms with Gasteiger partial charge in [-0.05, 0) is 48.1 Å². The summed E-state index contributed by atoms with van der Waals surface area (Å²) in [5.74, 6) is 1.14. The third kappa shape index (κ3) is 6.06. The van der Waals surface area contributed by atoms with Crippen molar-refractivity contribution in [1.29, 1.82) is 0 Å². The molecular weight excluding hydrogens is 492 g/mol. The number of fused-ring (bicyclic) bond motifs is 1. The largest absolute Gasteiger partial charge is 0.493 e. The Morgan fingerprint density at radius 3 is 2.58 bits per heavy atom. The Morgan fingerprint density at radius 2 is 1.78 bits per heavy atom. The highest BCUT2D eigenvalue weighted by Crippen LogP contribution is 2.35. The van der Waals surface area contributed by atoms with Gasteiger partial charge in [-0.1, -0.05) is 72.9 Å². The number of nitrogens with one attached hydrogen (secondary N) is 1. The second kappa shape index (κ2) is 12.1. The van der Waals surface area contributed by atoms with Gasteiger partial charge in [0.15, 0.2) is 11.5 Å². The molecule has 1 aliphatic rings. The van der Waals surface area contributed by atoms with Crippen LogP contribution < -0.4 is 14.8 Å². The van der Waals surface area contributed by atoms with Crippen molar-refractivity contribution in [1.82, 2.24) is 4.90 Å². The van der Waals surface area contributed by atoms with Crippen molar-refractivity contribution in [2.45, 2.75) is 25.7 Å². The van der Waals surface area contributed by atoms with Gasteiger partial charge in [-0.2, -0.15) is 0 Å². The molecule has 6 nitrogen and oxygen atoms in total. The predicted molar refractivity (Wildman–Crippen MR) is 150 cm³/mol. The van der Waals surface area contributed by atoms with Gasteiger partial charge < -0.3 is 14.8 Å². The standard InChI is InChI=1S/C28H28N2O4S2/c1-33-23-15-14-19(17-24(23)34-2)18-25-27(32)30(28(35)36-25)16-7-3-4-13-26(31)29-22-12-8-10-20-9-5-6-11-21(20)22/h5-6,8-12,14-15,17-18H,3-4,7,13,16H2,1-2H3,(H,29,31). The van der Waals surface area contributed by atoms with Crippen LogP contribution in [0.4, 0.5) is 5.69 Å². The van der Waals surface area contributed by atoms with Crippen molar-refractivity contribution in [2.24, 2.45) is 0 Å². The van der Waals surface area contributed by atoms with E-state index in [-0.39, 0.29) is 11.8 Å². The minimum absolute atomic E-state index is 0.00480. The van der Waals surface area contributed by atoms with Gasteiger partial charge in [0.2, 0.25) is 5.91 Å². The molecule has 3 aromatic carbocycles. The zero-order valence-corrected chi connectivity index (χ0v) is 21.9. The molecule has 2 amide bonds. The van der Waals surface area contributed by atoms with Gasteiger partial charge >= 0.3 is 0 Å². The van der Waals surface area contributed by atoms with Crippen molar-refractivity contribution in [3.05, 3.63) is 71.1 Å². The maximum absolute atomic E-state index is 12.9. The van der Waals surface area contributed by atoms with Gasteiger partial charge in [-0.25, -0.2) is 0 Å². The third-order valence-corrected chi connectivity index (χ3v) is 7.31. The summed E-state index contributed by atoms with van der Waals surface area (Å²) in [5, 5.41) is 5.15. The molecule has 0 bridgehead atoms. The average molecular weight is 521 g/mol. The normalized spacial score (nSPS) is 14.5. The number of carbonyl (C=O) groups is 2. The van der Waals surface area contributed by atoms with E-state index < -0.39 is 0 Å². The number of thiocarbonyl (C=S) groups is 1. The molecule has 1 fully saturated rings. The Hall–Kier alpha value is -3.36. The first kappa shape index (κ1) is 25.7. The number of ether oxygens (including phenoxy) is 2. The molecule has 0 radical (unpaired) electrons. The summed E-state index contributed by atoms with van der Waals surface area (Å²) in [4.78, 5) is 27.6. The molecule has 186 valence electrons. The van der Waals surface area contributed by atoms with E-state index in [1.54, 1.807) is 19.1 Å². The van der Waals surface area contributed by atoms with E-state index in [0.717, 1.165) is 41.3 Å². The molecular formula is C28H28N2O4S2. The maximum atomic E-state index is 12.9. The minimum Gasteiger partial charge on any atom is -0.493 e. The molecule has 8 heteroatoms. The number of thioether (sulfide) groups is 1. The number of amides is 2. The van der Waals surface area contributed by atoms with E-state index in [4.69, 9.17) is 21.7 Å². The smallest absolute Gasteiger partial charge is 0.266 e. The van der Waals surface area contributed by atoms with Crippen LogP contribution in [0.1, 0.15) is 31.2 Å². The van der Waals surface area contributed by atoms with Gasteiger partial charge in [-0.15, -0.1) is 0 Å². The monoisotopic (exact) mass is 520 g/mol. The first-order valence-electron chi connectivity index (χ1n) is 11.7. The number of unbranched alkanes of at least 4 members (excludes halogenated alkanes) is 2. The lowest BCUT2D eigenvalue weighted by molar-refractivity contribution is -0.122. The average Bonchev–Trinajstić information content (AvgIpc) is 3.15. The van der Waals surface area contributed by atoms with E-state index >= 15 is 0 Å². The molecule has 0 aliphatic carbocycles. The predicted octanol–water partition coefficient (Wildman–Crippen LogP) is 6.26. The van der Waals surface area contributed by atoms with Crippen LogP contribution in [0.3, 0.4) is 0 Å². The number of methoxy groups -OCH3 is 2. The molecule has 36 heavy (non-hydrogen) atoms. The third-order valence-electron chi connectivity index (χ3n) is 5.93. The van der Waals surface area contributed by atoms with Crippen LogP contribution in [-0.2, 0) is 9.59 Å². The van der Waals surface area contributed by atoms with Crippen LogP contribution in [0.2, 0.25) is 0 Å². The summed E-state index contributed by atoms with van der Waals surface area (Å²) >= 11 is 6.75. The van der Waals surface area contributed by atoms with E-state index in [2.05, 4.69) is 5.32 Å². The molecule has 1 heterocycles. The zero-order chi connectivity index (χ0) is 25.5. The van der Waals surface area contributed by atoms with Gasteiger partial charge in [0.25, 0.3) is 5.91 Å². The fourth-order valence-electron chi connectivity index (χ4n) is 4.07. The molecule has 0 unspecified atom stereocenters. The highest BCUT2D eigenvalue weighted by atomic mass is 32.2. The van der Waals surface area contributed by atoms with Crippen LogP contribution >= 0.6 is 24.0 Å². The van der Waals surface area contributed by atoms with E-state index in [0.29, 0.717) is 33.7 Å². The lowest BCUT2D eigenvalue weighted by atomic mass is 10.1. The molecule has 1 N–H and O–H groups in total. The summed E-state index contributed by atoms with van der Waals surface area (Å²) in [6.45, 7) is 0.541. The van der Waals surface area contributed by atoms with Gasteiger partial charge in [0, 0.05) is 24.0 Å². The van der Waals surface area contributed by atoms with Crippen molar-refractivity contribution >= 4 is 62.7 Å². The summed E-state index contributed by atoms with van der Waals surface area (Å²) in [5.41, 5.74) is 1.67. The van der Waals surface area contributed by atoms with Gasteiger partial charge in [-0.3, -0.25) is 14.5 Å².